The number of rotatable bonds is 5. The molecule has 0 aliphatic carbocycles. The molecule has 0 spiro atoms. The van der Waals surface area contributed by atoms with Crippen LogP contribution in [0, 0.1) is 18.3 Å². The fraction of sp³-hybridized carbons (Fsp3) is 0.238. The minimum atomic E-state index is -0.603. The molecule has 2 aromatic carbocycles. The first-order chi connectivity index (χ1) is 12.2. The Bertz CT molecular complexity index is 780. The van der Waals surface area contributed by atoms with Crippen molar-refractivity contribution in [1.29, 1.82) is 0 Å². The summed E-state index contributed by atoms with van der Waals surface area (Å²) in [6, 6.07) is 18.7. The molecule has 0 saturated carbocycles. The smallest absolute Gasteiger partial charge is 0.417 e. The average molecular weight is 333 g/mol. The second-order valence-electron chi connectivity index (χ2n) is 6.01. The maximum Gasteiger partial charge on any atom is 0.417 e. The number of amides is 2. The molecule has 0 radical (unpaired) electrons. The van der Waals surface area contributed by atoms with Crippen LogP contribution in [0.15, 0.2) is 60.7 Å². The van der Waals surface area contributed by atoms with Gasteiger partial charge in [-0.1, -0.05) is 60.7 Å². The van der Waals surface area contributed by atoms with Crippen molar-refractivity contribution in [3.63, 3.8) is 0 Å². The van der Waals surface area contributed by atoms with E-state index in [4.69, 9.17) is 11.2 Å². The van der Waals surface area contributed by atoms with Gasteiger partial charge in [-0.25, -0.2) is 9.69 Å². The van der Waals surface area contributed by atoms with Gasteiger partial charge in [-0.3, -0.25) is 4.79 Å². The minimum absolute atomic E-state index is 0.169. The largest absolute Gasteiger partial charge is 0.446 e. The van der Waals surface area contributed by atoms with Gasteiger partial charge >= 0.3 is 6.09 Å². The summed E-state index contributed by atoms with van der Waals surface area (Å²) < 4.78 is 5.15. The van der Waals surface area contributed by atoms with Gasteiger partial charge in [0.1, 0.15) is 12.6 Å². The maximum atomic E-state index is 13.1. The van der Waals surface area contributed by atoms with Crippen molar-refractivity contribution < 1.29 is 14.3 Å². The summed E-state index contributed by atoms with van der Waals surface area (Å²) in [5.74, 6) is 1.83. The first-order valence-electron chi connectivity index (χ1n) is 8.23. The highest BCUT2D eigenvalue weighted by Gasteiger charge is 2.41. The number of ether oxygens (including phenoxy) is 1. The van der Waals surface area contributed by atoms with Gasteiger partial charge in [0, 0.05) is 6.42 Å². The normalized spacial score (nSPS) is 17.6. The third-order valence-electron chi connectivity index (χ3n) is 4.33. The summed E-state index contributed by atoms with van der Waals surface area (Å²) in [6.07, 6.45) is 5.63. The monoisotopic (exact) mass is 333 g/mol. The van der Waals surface area contributed by atoms with Crippen LogP contribution in [0.2, 0.25) is 0 Å². The number of benzene rings is 2. The van der Waals surface area contributed by atoms with Crippen molar-refractivity contribution >= 4 is 12.0 Å². The fourth-order valence-electron chi connectivity index (χ4n) is 3.07. The third-order valence-corrected chi connectivity index (χ3v) is 4.33. The van der Waals surface area contributed by atoms with Gasteiger partial charge in [-0.05, 0) is 17.5 Å². The number of terminal acetylenes is 1. The van der Waals surface area contributed by atoms with Crippen LogP contribution >= 0.6 is 0 Å². The summed E-state index contributed by atoms with van der Waals surface area (Å²) >= 11 is 0. The van der Waals surface area contributed by atoms with Crippen molar-refractivity contribution in [1.82, 2.24) is 4.90 Å². The molecule has 0 N–H and O–H groups in total. The first-order valence-corrected chi connectivity index (χ1v) is 8.23. The van der Waals surface area contributed by atoms with Crippen molar-refractivity contribution in [3.8, 4) is 12.3 Å². The fourth-order valence-corrected chi connectivity index (χ4v) is 3.07. The van der Waals surface area contributed by atoms with E-state index in [2.05, 4.69) is 5.92 Å². The summed E-state index contributed by atoms with van der Waals surface area (Å²) in [6.45, 7) is 0.169. The second kappa shape index (κ2) is 7.67. The lowest BCUT2D eigenvalue weighted by atomic mass is 9.94. The Kier molecular flexibility index (Phi) is 5.15. The molecule has 4 heteroatoms. The highest BCUT2D eigenvalue weighted by Crippen LogP contribution is 2.30. The minimum Gasteiger partial charge on any atom is -0.446 e. The van der Waals surface area contributed by atoms with Crippen LogP contribution in [-0.4, -0.2) is 23.5 Å². The number of imide groups is 1. The molecule has 3 rings (SSSR count). The van der Waals surface area contributed by atoms with E-state index in [1.54, 1.807) is 0 Å². The van der Waals surface area contributed by atoms with E-state index in [0.29, 0.717) is 6.42 Å². The maximum absolute atomic E-state index is 13.1. The van der Waals surface area contributed by atoms with E-state index in [9.17, 15) is 9.59 Å². The molecule has 1 aliphatic rings. The van der Waals surface area contributed by atoms with E-state index in [1.807, 2.05) is 60.7 Å². The first kappa shape index (κ1) is 16.8. The molecule has 2 atom stereocenters. The number of carbonyl (C=O) groups is 2. The Morgan fingerprint density at radius 1 is 1.16 bits per heavy atom. The Hall–Kier alpha value is -3.06. The van der Waals surface area contributed by atoms with Gasteiger partial charge in [0.2, 0.25) is 5.91 Å². The topological polar surface area (TPSA) is 46.6 Å². The molecule has 2 amide bonds. The molecule has 4 nitrogen and oxygen atoms in total. The van der Waals surface area contributed by atoms with Gasteiger partial charge in [0.05, 0.1) is 5.92 Å². The van der Waals surface area contributed by atoms with Crippen LogP contribution in [0.4, 0.5) is 4.79 Å². The Labute approximate surface area is 147 Å². The van der Waals surface area contributed by atoms with Gasteiger partial charge in [0.15, 0.2) is 0 Å². The number of hydrogen-bond acceptors (Lipinski definition) is 3. The number of hydrogen-bond donors (Lipinski definition) is 0. The zero-order valence-corrected chi connectivity index (χ0v) is 13.8. The van der Waals surface area contributed by atoms with Crippen LogP contribution in [0.25, 0.3) is 0 Å². The number of nitrogens with zero attached hydrogens (tertiary/aromatic N) is 1. The van der Waals surface area contributed by atoms with E-state index in [0.717, 1.165) is 11.1 Å². The van der Waals surface area contributed by atoms with Gasteiger partial charge in [0.25, 0.3) is 0 Å². The van der Waals surface area contributed by atoms with Gasteiger partial charge in [-0.15, -0.1) is 12.3 Å². The number of cyclic esters (lactones) is 1. The molecule has 1 saturated heterocycles. The van der Waals surface area contributed by atoms with Crippen molar-refractivity contribution in [2.75, 3.05) is 6.61 Å². The predicted octanol–water partition coefficient (Wildman–Crippen LogP) is 3.59. The van der Waals surface area contributed by atoms with Crippen LogP contribution in [0.5, 0.6) is 0 Å². The molecule has 0 aromatic heterocycles. The average Bonchev–Trinajstić information content (AvgIpc) is 3.04. The van der Waals surface area contributed by atoms with E-state index in [1.165, 1.54) is 4.90 Å². The highest BCUT2D eigenvalue weighted by atomic mass is 16.6. The summed E-state index contributed by atoms with van der Waals surface area (Å²) in [4.78, 5) is 26.5. The zero-order chi connectivity index (χ0) is 17.6. The Balaban J connectivity index is 1.84. The van der Waals surface area contributed by atoms with Gasteiger partial charge in [-0.2, -0.15) is 0 Å². The lowest BCUT2D eigenvalue weighted by molar-refractivity contribution is -0.133. The predicted molar refractivity (Wildman–Crippen MR) is 94.5 cm³/mol. The van der Waals surface area contributed by atoms with Crippen molar-refractivity contribution in [3.05, 3.63) is 71.8 Å². The lowest BCUT2D eigenvalue weighted by Crippen LogP contribution is -2.39. The molecule has 2 aromatic rings. The quantitative estimate of drug-likeness (QED) is 0.786. The van der Waals surface area contributed by atoms with Crippen molar-refractivity contribution in [2.24, 2.45) is 5.92 Å². The van der Waals surface area contributed by atoms with Gasteiger partial charge < -0.3 is 4.74 Å². The molecule has 1 aliphatic heterocycles. The zero-order valence-electron chi connectivity index (χ0n) is 13.8. The third kappa shape index (κ3) is 3.72. The molecular formula is C21H19NO3. The summed E-state index contributed by atoms with van der Waals surface area (Å²) in [5, 5.41) is 0. The van der Waals surface area contributed by atoms with Crippen LogP contribution in [0.1, 0.15) is 23.6 Å². The standard InChI is InChI=1S/C21H19NO3/c1-2-9-18(14-16-10-5-3-6-11-16)20(23)22-19(15-25-21(22)24)17-12-7-4-8-13-17/h1,3-8,10-13,18-19H,9,14-15H2/t18-,19+/m0/s1. The second-order valence-corrected chi connectivity index (χ2v) is 6.01. The van der Waals surface area contributed by atoms with Crippen LogP contribution < -0.4 is 0 Å². The molecule has 1 fully saturated rings. The SMILES string of the molecule is C#CC[C@@H](Cc1ccccc1)C(=O)N1C(=O)OC[C@@H]1c1ccccc1. The Morgan fingerprint density at radius 2 is 1.80 bits per heavy atom. The molecule has 126 valence electrons. The molecule has 1 heterocycles. The molecule has 25 heavy (non-hydrogen) atoms. The molecule has 0 bridgehead atoms. The lowest BCUT2D eigenvalue weighted by Gasteiger charge is -2.24. The molecular weight excluding hydrogens is 314 g/mol. The summed E-state index contributed by atoms with van der Waals surface area (Å²) in [5.41, 5.74) is 1.89. The highest BCUT2D eigenvalue weighted by molar-refractivity contribution is 5.95. The van der Waals surface area contributed by atoms with E-state index >= 15 is 0 Å². The van der Waals surface area contributed by atoms with Crippen molar-refractivity contribution in [2.45, 2.75) is 18.9 Å². The van der Waals surface area contributed by atoms with E-state index in [-0.39, 0.29) is 18.9 Å². The van der Waals surface area contributed by atoms with Crippen LogP contribution in [0.3, 0.4) is 0 Å². The number of carbonyl (C=O) groups excluding carboxylic acids is 2. The summed E-state index contributed by atoms with van der Waals surface area (Å²) in [7, 11) is 0. The van der Waals surface area contributed by atoms with Crippen LogP contribution in [-0.2, 0) is 16.0 Å². The Morgan fingerprint density at radius 3 is 2.44 bits per heavy atom. The molecule has 0 unspecified atom stereocenters. The van der Waals surface area contributed by atoms with E-state index < -0.39 is 18.1 Å².